The zero-order chi connectivity index (χ0) is 22.5. The number of thiophene rings is 1. The molecule has 0 spiro atoms. The van der Waals surface area contributed by atoms with Crippen LogP contribution in [0.5, 0.6) is 0 Å². The maximum Gasteiger partial charge on any atom is 0.0719 e. The van der Waals surface area contributed by atoms with Gasteiger partial charge in [-0.1, -0.05) is 66.7 Å². The smallest absolute Gasteiger partial charge is 0.0719 e. The summed E-state index contributed by atoms with van der Waals surface area (Å²) in [6.07, 6.45) is -0.679. The van der Waals surface area contributed by atoms with E-state index < -0.39 is 13.2 Å². The molecule has 0 unspecified atom stereocenters. The number of aryl methyl sites for hydroxylation is 1. The number of rotatable bonds is 3. The van der Waals surface area contributed by atoms with Crippen LogP contribution in [0.3, 0.4) is 0 Å². The van der Waals surface area contributed by atoms with Crippen molar-refractivity contribution in [3.05, 3.63) is 102 Å². The second-order valence-electron chi connectivity index (χ2n) is 6.39. The van der Waals surface area contributed by atoms with Gasteiger partial charge in [-0.2, -0.15) is 0 Å². The molecule has 0 radical (unpaired) electrons. The average molecular weight is 371 g/mol. The number of hydrogen-bond acceptors (Lipinski definition) is 2. The van der Waals surface area contributed by atoms with Gasteiger partial charge in [0.1, 0.15) is 0 Å². The Hall–Kier alpha value is -2.97. The first-order valence-corrected chi connectivity index (χ1v) is 9.55. The van der Waals surface area contributed by atoms with Crippen molar-refractivity contribution in [1.29, 1.82) is 0 Å². The Kier molecular flexibility index (Phi) is 2.87. The van der Waals surface area contributed by atoms with Crippen molar-refractivity contribution >= 4 is 31.5 Å². The van der Waals surface area contributed by atoms with E-state index in [0.717, 1.165) is 25.7 Å². The third-order valence-corrected chi connectivity index (χ3v) is 5.86. The number of nitrogens with zero attached hydrogens (tertiary/aromatic N) is 1. The number of hydrogen-bond donors (Lipinski definition) is 0. The molecule has 5 rings (SSSR count). The molecule has 2 heteroatoms. The van der Waals surface area contributed by atoms with E-state index in [2.05, 4.69) is 23.2 Å². The quantitative estimate of drug-likeness (QED) is 0.333. The lowest BCUT2D eigenvalue weighted by Gasteiger charge is -2.09. The standard InChI is InChI=1S/C25H19NS/c1-17-16-26-23(15-19(17)14-18-8-3-2-4-9-18)22-12-7-11-21-20-10-5-6-13-24(20)27-25(21)22/h2-13,15-16H,14H2,1H3/i1D3,14D2. The highest BCUT2D eigenvalue weighted by molar-refractivity contribution is 7.26. The highest BCUT2D eigenvalue weighted by atomic mass is 32.1. The molecule has 0 N–H and O–H groups in total. The zero-order valence-electron chi connectivity index (χ0n) is 19.4. The van der Waals surface area contributed by atoms with Crippen molar-refractivity contribution in [3.63, 3.8) is 0 Å². The molecule has 0 bridgehead atoms. The molecule has 2 heterocycles. The number of aromatic nitrogens is 1. The second-order valence-corrected chi connectivity index (χ2v) is 7.44. The fraction of sp³-hybridized carbons (Fsp3) is 0.0800. The average Bonchev–Trinajstić information content (AvgIpc) is 3.17. The third kappa shape index (κ3) is 2.92. The molecule has 0 saturated heterocycles. The molecule has 27 heavy (non-hydrogen) atoms. The van der Waals surface area contributed by atoms with Crippen LogP contribution in [0.1, 0.15) is 23.5 Å². The summed E-state index contributed by atoms with van der Waals surface area (Å²) >= 11 is 1.66. The van der Waals surface area contributed by atoms with Gasteiger partial charge in [0.05, 0.1) is 5.69 Å². The zero-order valence-corrected chi connectivity index (χ0v) is 15.3. The molecule has 3 aromatic carbocycles. The predicted molar refractivity (Wildman–Crippen MR) is 117 cm³/mol. The van der Waals surface area contributed by atoms with E-state index in [1.807, 2.05) is 30.3 Å². The van der Waals surface area contributed by atoms with Crippen molar-refractivity contribution in [3.8, 4) is 11.3 Å². The van der Waals surface area contributed by atoms with Crippen molar-refractivity contribution in [2.24, 2.45) is 0 Å². The molecule has 0 aliphatic carbocycles. The predicted octanol–water partition coefficient (Wildman–Crippen LogP) is 7.02. The van der Waals surface area contributed by atoms with Crippen molar-refractivity contribution in [2.45, 2.75) is 13.2 Å². The van der Waals surface area contributed by atoms with Crippen LogP contribution in [0.2, 0.25) is 0 Å². The molecule has 5 aromatic rings. The number of fused-ring (bicyclic) bond motifs is 3. The molecule has 2 aromatic heterocycles. The summed E-state index contributed by atoms with van der Waals surface area (Å²) in [6.45, 7) is -2.48. The molecule has 0 aliphatic rings. The Morgan fingerprint density at radius 2 is 1.74 bits per heavy atom. The lowest BCUT2D eigenvalue weighted by molar-refractivity contribution is 1.12. The van der Waals surface area contributed by atoms with Crippen LogP contribution >= 0.6 is 11.3 Å². The lowest BCUT2D eigenvalue weighted by Crippen LogP contribution is -1.95. The first-order valence-electron chi connectivity index (χ1n) is 11.2. The van der Waals surface area contributed by atoms with Gasteiger partial charge in [-0.15, -0.1) is 11.3 Å². The third-order valence-electron chi connectivity index (χ3n) is 4.64. The molecule has 0 fully saturated rings. The molecule has 0 saturated carbocycles. The van der Waals surface area contributed by atoms with Gasteiger partial charge in [-0.25, -0.2) is 0 Å². The SMILES string of the molecule is [2H]C([2H])([2H])c1cnc(-c2cccc3c2sc2ccccc23)cc1C([2H])([2H])c1ccccc1. The summed E-state index contributed by atoms with van der Waals surface area (Å²) < 4.78 is 43.8. The van der Waals surface area contributed by atoms with Gasteiger partial charge in [0.2, 0.25) is 0 Å². The van der Waals surface area contributed by atoms with Gasteiger partial charge in [-0.3, -0.25) is 4.98 Å². The Balaban J connectivity index is 1.76. The van der Waals surface area contributed by atoms with Gasteiger partial charge in [-0.05, 0) is 42.0 Å². The minimum Gasteiger partial charge on any atom is -0.256 e. The first-order chi connectivity index (χ1) is 15.3. The highest BCUT2D eigenvalue weighted by Gasteiger charge is 2.12. The van der Waals surface area contributed by atoms with E-state index in [1.165, 1.54) is 6.20 Å². The van der Waals surface area contributed by atoms with Crippen molar-refractivity contribution in [1.82, 2.24) is 4.98 Å². The van der Waals surface area contributed by atoms with Crippen LogP contribution < -0.4 is 0 Å². The normalized spacial score (nSPS) is 15.0. The fourth-order valence-corrected chi connectivity index (χ4v) is 4.56. The molecular formula is C25H19NS. The van der Waals surface area contributed by atoms with Crippen LogP contribution in [0.4, 0.5) is 0 Å². The summed E-state index contributed by atoms with van der Waals surface area (Å²) in [4.78, 5) is 4.48. The highest BCUT2D eigenvalue weighted by Crippen LogP contribution is 2.39. The van der Waals surface area contributed by atoms with Gasteiger partial charge in [0, 0.05) is 38.8 Å². The van der Waals surface area contributed by atoms with Gasteiger partial charge < -0.3 is 0 Å². The summed E-state index contributed by atoms with van der Waals surface area (Å²) in [5, 5.41) is 2.27. The molecule has 0 amide bonds. The van der Waals surface area contributed by atoms with Crippen molar-refractivity contribution in [2.75, 3.05) is 0 Å². The summed E-state index contributed by atoms with van der Waals surface area (Å²) in [6, 6.07) is 24.4. The Morgan fingerprint density at radius 3 is 2.63 bits per heavy atom. The molecular weight excluding hydrogens is 346 g/mol. The largest absolute Gasteiger partial charge is 0.256 e. The topological polar surface area (TPSA) is 12.9 Å². The van der Waals surface area contributed by atoms with Crippen LogP contribution in [0.15, 0.2) is 85.1 Å². The summed E-state index contributed by atoms with van der Waals surface area (Å²) in [5.74, 6) is 0. The Morgan fingerprint density at radius 1 is 0.926 bits per heavy atom. The van der Waals surface area contributed by atoms with Gasteiger partial charge in [0.15, 0.2) is 0 Å². The van der Waals surface area contributed by atoms with E-state index in [4.69, 9.17) is 6.85 Å². The van der Waals surface area contributed by atoms with Crippen LogP contribution in [-0.2, 0) is 6.37 Å². The lowest BCUT2D eigenvalue weighted by atomic mass is 9.99. The van der Waals surface area contributed by atoms with E-state index >= 15 is 0 Å². The Labute approximate surface area is 170 Å². The maximum atomic E-state index is 8.83. The van der Waals surface area contributed by atoms with E-state index in [-0.39, 0.29) is 11.1 Å². The Bertz CT molecular complexity index is 1440. The summed E-state index contributed by atoms with van der Waals surface area (Å²) in [5.41, 5.74) is 1.88. The van der Waals surface area contributed by atoms with E-state index in [0.29, 0.717) is 11.3 Å². The minimum atomic E-state index is -2.48. The van der Waals surface area contributed by atoms with Crippen LogP contribution in [0.25, 0.3) is 31.4 Å². The van der Waals surface area contributed by atoms with Crippen molar-refractivity contribution < 1.29 is 6.85 Å². The summed E-state index contributed by atoms with van der Waals surface area (Å²) in [7, 11) is 0. The van der Waals surface area contributed by atoms with Gasteiger partial charge in [0.25, 0.3) is 0 Å². The monoisotopic (exact) mass is 370 g/mol. The molecule has 130 valence electrons. The van der Waals surface area contributed by atoms with E-state index in [9.17, 15) is 0 Å². The fourth-order valence-electron chi connectivity index (χ4n) is 3.33. The number of pyridine rings is 1. The van der Waals surface area contributed by atoms with Gasteiger partial charge >= 0.3 is 0 Å². The first kappa shape index (κ1) is 11.7. The molecule has 0 aliphatic heterocycles. The van der Waals surface area contributed by atoms with E-state index in [1.54, 1.807) is 41.7 Å². The number of benzene rings is 3. The maximum absolute atomic E-state index is 8.83. The molecule has 1 nitrogen and oxygen atoms in total. The molecule has 0 atom stereocenters. The second kappa shape index (κ2) is 6.64. The van der Waals surface area contributed by atoms with Crippen LogP contribution in [-0.4, -0.2) is 4.98 Å². The van der Waals surface area contributed by atoms with Crippen LogP contribution in [0, 0.1) is 6.85 Å². The minimum absolute atomic E-state index is 0.0707.